The van der Waals surface area contributed by atoms with Gasteiger partial charge in [-0.15, -0.1) is 0 Å². The molecule has 0 fully saturated rings. The quantitative estimate of drug-likeness (QED) is 0.187. The summed E-state index contributed by atoms with van der Waals surface area (Å²) >= 11 is 11.0. The average Bonchev–Trinajstić information content (AvgIpc) is 2.75. The molecule has 0 saturated heterocycles. The molecule has 0 radical (unpaired) electrons. The van der Waals surface area contributed by atoms with Gasteiger partial charge in [-0.25, -0.2) is 4.79 Å². The first-order valence-corrected chi connectivity index (χ1v) is 9.64. The Morgan fingerprint density at radius 2 is 1.77 bits per heavy atom. The molecule has 30 heavy (non-hydrogen) atoms. The summed E-state index contributed by atoms with van der Waals surface area (Å²) in [5.74, 6) is 0.690. The van der Waals surface area contributed by atoms with Crippen molar-refractivity contribution < 1.29 is 14.3 Å². The molecule has 6 nitrogen and oxygen atoms in total. The molecule has 3 aromatic rings. The van der Waals surface area contributed by atoms with Crippen LogP contribution >= 0.6 is 23.8 Å². The Labute approximate surface area is 184 Å². The van der Waals surface area contributed by atoms with E-state index in [1.807, 2.05) is 30.3 Å². The second-order valence-corrected chi connectivity index (χ2v) is 6.87. The van der Waals surface area contributed by atoms with Gasteiger partial charge in [-0.05, 0) is 78.4 Å². The molecular weight excluding hydrogens is 422 g/mol. The lowest BCUT2D eigenvalue weighted by molar-refractivity contribution is 0.0735. The van der Waals surface area contributed by atoms with Gasteiger partial charge in [0.1, 0.15) is 11.5 Å². The molecule has 0 heterocycles. The third-order valence-electron chi connectivity index (χ3n) is 3.88. The number of benzene rings is 3. The Hall–Kier alpha value is -3.42. The number of hydrogen-bond acceptors (Lipinski definition) is 5. The summed E-state index contributed by atoms with van der Waals surface area (Å²) in [4.78, 5) is 12.2. The number of rotatable bonds is 6. The van der Waals surface area contributed by atoms with Crippen LogP contribution in [0.4, 0.5) is 5.69 Å². The van der Waals surface area contributed by atoms with Crippen molar-refractivity contribution in [3.63, 3.8) is 0 Å². The van der Waals surface area contributed by atoms with Crippen molar-refractivity contribution in [1.29, 1.82) is 0 Å². The first-order valence-electron chi connectivity index (χ1n) is 8.85. The van der Waals surface area contributed by atoms with E-state index < -0.39 is 5.97 Å². The fourth-order valence-corrected chi connectivity index (χ4v) is 2.71. The summed E-state index contributed by atoms with van der Waals surface area (Å²) in [6, 6.07) is 20.8. The van der Waals surface area contributed by atoms with Gasteiger partial charge in [0.25, 0.3) is 0 Å². The van der Waals surface area contributed by atoms with Crippen LogP contribution in [-0.2, 0) is 0 Å². The topological polar surface area (TPSA) is 71.9 Å². The monoisotopic (exact) mass is 439 g/mol. The maximum atomic E-state index is 12.2. The van der Waals surface area contributed by atoms with Crippen molar-refractivity contribution in [1.82, 2.24) is 5.43 Å². The first kappa shape index (κ1) is 21.3. The maximum Gasteiger partial charge on any atom is 0.343 e. The number of hydrogen-bond donors (Lipinski definition) is 2. The number of carbonyl (C=O) groups excluding carboxylic acids is 1. The Balaban J connectivity index is 1.54. The van der Waals surface area contributed by atoms with Gasteiger partial charge in [0.2, 0.25) is 0 Å². The molecule has 0 spiro atoms. The number of nitrogens with one attached hydrogen (secondary N) is 2. The number of anilines is 1. The fourth-order valence-electron chi connectivity index (χ4n) is 2.41. The highest BCUT2D eigenvalue weighted by molar-refractivity contribution is 7.80. The largest absolute Gasteiger partial charge is 0.497 e. The number of hydrazone groups is 1. The van der Waals surface area contributed by atoms with Crippen LogP contribution in [0.1, 0.15) is 15.9 Å². The van der Waals surface area contributed by atoms with E-state index in [0.717, 1.165) is 17.0 Å². The van der Waals surface area contributed by atoms with Crippen molar-refractivity contribution in [3.8, 4) is 11.5 Å². The second-order valence-electron chi connectivity index (χ2n) is 6.02. The molecule has 0 amide bonds. The third kappa shape index (κ3) is 6.30. The third-order valence-corrected chi connectivity index (χ3v) is 4.32. The molecular formula is C22H18ClN3O3S. The van der Waals surface area contributed by atoms with Crippen molar-refractivity contribution in [2.75, 3.05) is 12.4 Å². The van der Waals surface area contributed by atoms with E-state index in [1.54, 1.807) is 55.8 Å². The smallest absolute Gasteiger partial charge is 0.343 e. The molecule has 0 aliphatic heterocycles. The zero-order valence-electron chi connectivity index (χ0n) is 16.0. The van der Waals surface area contributed by atoms with E-state index in [-0.39, 0.29) is 0 Å². The van der Waals surface area contributed by atoms with Crippen LogP contribution in [-0.4, -0.2) is 24.4 Å². The number of halogens is 1. The summed E-state index contributed by atoms with van der Waals surface area (Å²) in [7, 11) is 1.61. The van der Waals surface area contributed by atoms with Crippen LogP contribution in [0.5, 0.6) is 11.5 Å². The Bertz CT molecular complexity index is 1050. The molecule has 152 valence electrons. The van der Waals surface area contributed by atoms with Gasteiger partial charge in [-0.3, -0.25) is 5.43 Å². The number of carbonyl (C=O) groups is 1. The highest BCUT2D eigenvalue weighted by Gasteiger charge is 2.08. The van der Waals surface area contributed by atoms with Crippen LogP contribution in [0.15, 0.2) is 77.9 Å². The molecule has 0 atom stereocenters. The highest BCUT2D eigenvalue weighted by Crippen LogP contribution is 2.16. The molecule has 8 heteroatoms. The summed E-state index contributed by atoms with van der Waals surface area (Å²) in [5.41, 5.74) is 4.69. The number of nitrogens with zero attached hydrogens (tertiary/aromatic N) is 1. The Kier molecular flexibility index (Phi) is 7.37. The Morgan fingerprint density at radius 3 is 2.47 bits per heavy atom. The molecule has 3 aromatic carbocycles. The van der Waals surface area contributed by atoms with E-state index in [9.17, 15) is 4.79 Å². The number of ether oxygens (including phenoxy) is 2. The lowest BCUT2D eigenvalue weighted by Crippen LogP contribution is -2.23. The Morgan fingerprint density at radius 1 is 1.03 bits per heavy atom. The van der Waals surface area contributed by atoms with Crippen LogP contribution in [0.2, 0.25) is 5.02 Å². The molecule has 0 aliphatic carbocycles. The van der Waals surface area contributed by atoms with Crippen molar-refractivity contribution in [2.45, 2.75) is 0 Å². The van der Waals surface area contributed by atoms with Gasteiger partial charge in [-0.2, -0.15) is 5.10 Å². The van der Waals surface area contributed by atoms with E-state index in [2.05, 4.69) is 15.8 Å². The van der Waals surface area contributed by atoms with Crippen LogP contribution in [0, 0.1) is 0 Å². The van der Waals surface area contributed by atoms with Gasteiger partial charge in [-0.1, -0.05) is 23.7 Å². The van der Waals surface area contributed by atoms with Gasteiger partial charge < -0.3 is 14.8 Å². The van der Waals surface area contributed by atoms with Crippen molar-refractivity contribution in [2.24, 2.45) is 5.10 Å². The second kappa shape index (κ2) is 10.4. The van der Waals surface area contributed by atoms with Crippen LogP contribution < -0.4 is 20.2 Å². The van der Waals surface area contributed by atoms with Gasteiger partial charge >= 0.3 is 5.97 Å². The van der Waals surface area contributed by atoms with Gasteiger partial charge in [0.15, 0.2) is 5.11 Å². The lowest BCUT2D eigenvalue weighted by atomic mass is 10.2. The molecule has 2 N–H and O–H groups in total. The van der Waals surface area contributed by atoms with Crippen molar-refractivity contribution >= 4 is 46.8 Å². The summed E-state index contributed by atoms with van der Waals surface area (Å²) in [6.07, 6.45) is 1.57. The minimum atomic E-state index is -0.469. The average molecular weight is 440 g/mol. The lowest BCUT2D eigenvalue weighted by Gasteiger charge is -2.08. The molecule has 3 rings (SSSR count). The molecule has 0 saturated carbocycles. The first-order chi connectivity index (χ1) is 14.5. The van der Waals surface area contributed by atoms with Crippen LogP contribution in [0.3, 0.4) is 0 Å². The summed E-state index contributed by atoms with van der Waals surface area (Å²) < 4.78 is 10.5. The number of thiocarbonyl (C=S) groups is 1. The van der Waals surface area contributed by atoms with Crippen LogP contribution in [0.25, 0.3) is 0 Å². The van der Waals surface area contributed by atoms with Crippen molar-refractivity contribution in [3.05, 3.63) is 88.9 Å². The zero-order valence-corrected chi connectivity index (χ0v) is 17.5. The maximum absolute atomic E-state index is 12.2. The van der Waals surface area contributed by atoms with E-state index >= 15 is 0 Å². The number of esters is 1. The number of methoxy groups -OCH3 is 1. The normalized spacial score (nSPS) is 10.5. The standard InChI is InChI=1S/C22H18ClN3O3S/c1-28-19-11-9-18(10-12-19)25-22(30)26-24-14-15-3-2-4-20(13-15)29-21(27)16-5-7-17(23)8-6-16/h2-14H,1H3,(H2,25,26,30). The molecule has 0 bridgehead atoms. The molecule has 0 aromatic heterocycles. The fraction of sp³-hybridized carbons (Fsp3) is 0.0455. The molecule has 0 unspecified atom stereocenters. The predicted octanol–water partition coefficient (Wildman–Crippen LogP) is 4.89. The summed E-state index contributed by atoms with van der Waals surface area (Å²) in [5, 5.41) is 8.00. The van der Waals surface area contributed by atoms with E-state index in [0.29, 0.717) is 21.4 Å². The van der Waals surface area contributed by atoms with Gasteiger partial charge in [0.05, 0.1) is 18.9 Å². The predicted molar refractivity (Wildman–Crippen MR) is 123 cm³/mol. The van der Waals surface area contributed by atoms with E-state index in [1.165, 1.54) is 0 Å². The summed E-state index contributed by atoms with van der Waals surface area (Å²) in [6.45, 7) is 0. The SMILES string of the molecule is COc1ccc(NC(=S)NN=Cc2cccc(OC(=O)c3ccc(Cl)cc3)c2)cc1. The molecule has 0 aliphatic rings. The minimum absolute atomic E-state index is 0.335. The zero-order chi connectivity index (χ0) is 21.3. The van der Waals surface area contributed by atoms with Gasteiger partial charge in [0, 0.05) is 10.7 Å². The van der Waals surface area contributed by atoms with E-state index in [4.69, 9.17) is 33.3 Å². The highest BCUT2D eigenvalue weighted by atomic mass is 35.5. The minimum Gasteiger partial charge on any atom is -0.497 e.